The number of benzene rings is 3. The van der Waals surface area contributed by atoms with E-state index in [0.717, 1.165) is 44.8 Å². The summed E-state index contributed by atoms with van der Waals surface area (Å²) in [6.45, 7) is 6.01. The van der Waals surface area contributed by atoms with E-state index in [9.17, 15) is 4.39 Å². The Labute approximate surface area is 148 Å². The Morgan fingerprint density at radius 2 is 1.28 bits per heavy atom. The van der Waals surface area contributed by atoms with E-state index in [1.807, 2.05) is 6.07 Å². The van der Waals surface area contributed by atoms with Crippen molar-refractivity contribution in [3.05, 3.63) is 83.7 Å². The Morgan fingerprint density at radius 3 is 1.96 bits per heavy atom. The van der Waals surface area contributed by atoms with E-state index in [-0.39, 0.29) is 5.82 Å². The van der Waals surface area contributed by atoms with Gasteiger partial charge in [0.05, 0.1) is 0 Å². The number of hydrogen-bond acceptors (Lipinski definition) is 2. The van der Waals surface area contributed by atoms with Gasteiger partial charge in [0.25, 0.3) is 0 Å². The highest BCUT2D eigenvalue weighted by Gasteiger charge is 2.17. The first-order valence-electron chi connectivity index (χ1n) is 8.93. The second-order valence-electron chi connectivity index (χ2n) is 6.86. The van der Waals surface area contributed by atoms with Crippen LogP contribution in [0, 0.1) is 5.82 Å². The van der Waals surface area contributed by atoms with Gasteiger partial charge in [-0.15, -0.1) is 0 Å². The smallest absolute Gasteiger partial charge is 0.123 e. The maximum absolute atomic E-state index is 13.3. The Balaban J connectivity index is 1.33. The highest BCUT2D eigenvalue weighted by molar-refractivity contribution is 5.82. The lowest BCUT2D eigenvalue weighted by atomic mass is 10.1. The maximum atomic E-state index is 13.3. The van der Waals surface area contributed by atoms with Crippen molar-refractivity contribution >= 4 is 10.8 Å². The fourth-order valence-electron chi connectivity index (χ4n) is 3.59. The van der Waals surface area contributed by atoms with Gasteiger partial charge in [-0.2, -0.15) is 0 Å². The molecule has 0 atom stereocenters. The largest absolute Gasteiger partial charge is 0.297 e. The lowest BCUT2D eigenvalue weighted by Crippen LogP contribution is -2.45. The van der Waals surface area contributed by atoms with E-state index < -0.39 is 0 Å². The molecule has 0 unspecified atom stereocenters. The van der Waals surface area contributed by atoms with Crippen LogP contribution < -0.4 is 0 Å². The van der Waals surface area contributed by atoms with E-state index in [0.29, 0.717) is 0 Å². The van der Waals surface area contributed by atoms with Gasteiger partial charge in [-0.3, -0.25) is 9.80 Å². The third kappa shape index (κ3) is 4.06. The molecule has 1 aliphatic rings. The fraction of sp³-hybridized carbons (Fsp3) is 0.273. The summed E-state index contributed by atoms with van der Waals surface area (Å²) in [6, 6.07) is 22.2. The van der Waals surface area contributed by atoms with Crippen LogP contribution in [0.2, 0.25) is 0 Å². The van der Waals surface area contributed by atoms with E-state index in [2.05, 4.69) is 52.3 Å². The standard InChI is InChI=1S/C22H23FN2/c23-22-7-3-4-18(15-22)16-24-10-12-25(13-11-24)17-19-8-9-20-5-1-2-6-21(20)14-19/h1-9,14-15H,10-13,16-17H2. The van der Waals surface area contributed by atoms with E-state index in [1.165, 1.54) is 22.4 Å². The van der Waals surface area contributed by atoms with Crippen molar-refractivity contribution in [2.75, 3.05) is 26.2 Å². The summed E-state index contributed by atoms with van der Waals surface area (Å²) in [4.78, 5) is 4.91. The van der Waals surface area contributed by atoms with Gasteiger partial charge in [0.2, 0.25) is 0 Å². The number of piperazine rings is 1. The summed E-state index contributed by atoms with van der Waals surface area (Å²) >= 11 is 0. The van der Waals surface area contributed by atoms with Gasteiger partial charge in [0, 0.05) is 39.3 Å². The number of fused-ring (bicyclic) bond motifs is 1. The molecule has 0 spiro atoms. The van der Waals surface area contributed by atoms with E-state index in [1.54, 1.807) is 12.1 Å². The fourth-order valence-corrected chi connectivity index (χ4v) is 3.59. The third-order valence-electron chi connectivity index (χ3n) is 4.98. The van der Waals surface area contributed by atoms with Crippen LogP contribution in [0.25, 0.3) is 10.8 Å². The van der Waals surface area contributed by atoms with Crippen LogP contribution in [-0.2, 0) is 13.1 Å². The molecule has 1 heterocycles. The molecule has 3 aromatic carbocycles. The van der Waals surface area contributed by atoms with E-state index >= 15 is 0 Å². The second kappa shape index (κ2) is 7.34. The van der Waals surface area contributed by atoms with Crippen LogP contribution in [0.3, 0.4) is 0 Å². The van der Waals surface area contributed by atoms with Crippen molar-refractivity contribution in [1.29, 1.82) is 0 Å². The van der Waals surface area contributed by atoms with Crippen LogP contribution in [0.1, 0.15) is 11.1 Å². The monoisotopic (exact) mass is 334 g/mol. The second-order valence-corrected chi connectivity index (χ2v) is 6.86. The van der Waals surface area contributed by atoms with Gasteiger partial charge in [0.1, 0.15) is 5.82 Å². The molecule has 0 amide bonds. The number of hydrogen-bond donors (Lipinski definition) is 0. The van der Waals surface area contributed by atoms with Crippen molar-refractivity contribution in [2.24, 2.45) is 0 Å². The Bertz CT molecular complexity index is 853. The molecular formula is C22H23FN2. The van der Waals surface area contributed by atoms with Gasteiger partial charge in [-0.05, 0) is 40.1 Å². The molecule has 0 N–H and O–H groups in total. The minimum absolute atomic E-state index is 0.146. The molecule has 0 bridgehead atoms. The van der Waals surface area contributed by atoms with Crippen LogP contribution >= 0.6 is 0 Å². The lowest BCUT2D eigenvalue weighted by molar-refractivity contribution is 0.122. The van der Waals surface area contributed by atoms with Crippen molar-refractivity contribution in [2.45, 2.75) is 13.1 Å². The molecule has 3 aromatic rings. The van der Waals surface area contributed by atoms with Gasteiger partial charge in [-0.1, -0.05) is 48.5 Å². The predicted molar refractivity (Wildman–Crippen MR) is 101 cm³/mol. The van der Waals surface area contributed by atoms with Crippen molar-refractivity contribution < 1.29 is 4.39 Å². The van der Waals surface area contributed by atoms with Crippen molar-refractivity contribution in [3.63, 3.8) is 0 Å². The van der Waals surface area contributed by atoms with Gasteiger partial charge >= 0.3 is 0 Å². The zero-order chi connectivity index (χ0) is 17.1. The third-order valence-corrected chi connectivity index (χ3v) is 4.98. The lowest BCUT2D eigenvalue weighted by Gasteiger charge is -2.34. The minimum Gasteiger partial charge on any atom is -0.297 e. The molecule has 1 fully saturated rings. The highest BCUT2D eigenvalue weighted by atomic mass is 19.1. The first-order valence-corrected chi connectivity index (χ1v) is 8.93. The molecule has 128 valence electrons. The zero-order valence-corrected chi connectivity index (χ0v) is 14.4. The average Bonchev–Trinajstić information content (AvgIpc) is 2.63. The summed E-state index contributed by atoms with van der Waals surface area (Å²) < 4.78 is 13.3. The van der Waals surface area contributed by atoms with Crippen LogP contribution in [0.5, 0.6) is 0 Å². The molecule has 3 heteroatoms. The SMILES string of the molecule is Fc1cccc(CN2CCN(Cc3ccc4ccccc4c3)CC2)c1. The quantitative estimate of drug-likeness (QED) is 0.702. The van der Waals surface area contributed by atoms with Gasteiger partial charge in [-0.25, -0.2) is 4.39 Å². The van der Waals surface area contributed by atoms with Crippen LogP contribution in [-0.4, -0.2) is 36.0 Å². The van der Waals surface area contributed by atoms with Crippen LogP contribution in [0.15, 0.2) is 66.7 Å². The average molecular weight is 334 g/mol. The molecule has 4 rings (SSSR count). The number of halogens is 1. The Morgan fingerprint density at radius 1 is 0.640 bits per heavy atom. The predicted octanol–water partition coefficient (Wildman–Crippen LogP) is 4.30. The Hall–Kier alpha value is -2.23. The normalized spacial score (nSPS) is 16.4. The minimum atomic E-state index is -0.146. The first kappa shape index (κ1) is 16.2. The Kier molecular flexibility index (Phi) is 4.77. The van der Waals surface area contributed by atoms with E-state index in [4.69, 9.17) is 0 Å². The summed E-state index contributed by atoms with van der Waals surface area (Å²) in [5.74, 6) is -0.146. The van der Waals surface area contributed by atoms with Crippen LogP contribution in [0.4, 0.5) is 4.39 Å². The van der Waals surface area contributed by atoms with Gasteiger partial charge < -0.3 is 0 Å². The summed E-state index contributed by atoms with van der Waals surface area (Å²) in [5.41, 5.74) is 2.43. The van der Waals surface area contributed by atoms with Gasteiger partial charge in [0.15, 0.2) is 0 Å². The zero-order valence-electron chi connectivity index (χ0n) is 14.4. The van der Waals surface area contributed by atoms with Crippen molar-refractivity contribution in [1.82, 2.24) is 9.80 Å². The summed E-state index contributed by atoms with van der Waals surface area (Å²) in [6.07, 6.45) is 0. The summed E-state index contributed by atoms with van der Waals surface area (Å²) in [5, 5.41) is 2.61. The molecule has 0 aliphatic carbocycles. The molecule has 0 radical (unpaired) electrons. The molecule has 1 aliphatic heterocycles. The first-order chi connectivity index (χ1) is 12.3. The molecule has 0 aromatic heterocycles. The topological polar surface area (TPSA) is 6.48 Å². The number of rotatable bonds is 4. The highest BCUT2D eigenvalue weighted by Crippen LogP contribution is 2.18. The molecule has 1 saturated heterocycles. The summed E-state index contributed by atoms with van der Waals surface area (Å²) in [7, 11) is 0. The number of nitrogens with zero attached hydrogens (tertiary/aromatic N) is 2. The molecule has 0 saturated carbocycles. The maximum Gasteiger partial charge on any atom is 0.123 e. The molecule has 2 nitrogen and oxygen atoms in total. The molecule has 25 heavy (non-hydrogen) atoms. The van der Waals surface area contributed by atoms with Crippen molar-refractivity contribution in [3.8, 4) is 0 Å². The molecular weight excluding hydrogens is 311 g/mol.